The van der Waals surface area contributed by atoms with Crippen molar-refractivity contribution in [2.75, 3.05) is 85.5 Å². The Bertz CT molecular complexity index is 3960. The van der Waals surface area contributed by atoms with Gasteiger partial charge in [0, 0.05) is 57.5 Å². The number of carbonyl (C=O) groups is 16. The van der Waals surface area contributed by atoms with Crippen molar-refractivity contribution < 1.29 is 116 Å². The number of benzene rings is 3. The molecule has 0 bridgehead atoms. The van der Waals surface area contributed by atoms with Gasteiger partial charge in [-0.3, -0.25) is 87.5 Å². The van der Waals surface area contributed by atoms with Crippen LogP contribution in [0.25, 0.3) is 0 Å². The number of nitrogens with two attached hydrogens (primary N) is 2. The number of alkyl halides is 1. The third kappa shape index (κ3) is 38.6. The van der Waals surface area contributed by atoms with E-state index in [4.69, 9.17) is 36.5 Å². The minimum Gasteiger partial charge on any atom is -0.508 e. The predicted octanol–water partition coefficient (Wildman–Crippen LogP) is -5.72. The molecule has 43 nitrogen and oxygen atoms in total. The van der Waals surface area contributed by atoms with E-state index in [0.717, 1.165) is 0 Å². The van der Waals surface area contributed by atoms with Gasteiger partial charge in [-0.25, -0.2) is 4.39 Å². The van der Waals surface area contributed by atoms with Crippen molar-refractivity contribution in [3.63, 3.8) is 0 Å². The van der Waals surface area contributed by atoms with E-state index in [2.05, 4.69) is 85.1 Å². The smallest absolute Gasteiger partial charge is 0.305 e. The molecule has 652 valence electrons. The second-order valence-corrected chi connectivity index (χ2v) is 27.6. The highest BCUT2D eigenvalue weighted by Crippen LogP contribution is 2.17. The van der Waals surface area contributed by atoms with Crippen LogP contribution in [0.5, 0.6) is 11.5 Å². The lowest BCUT2D eigenvalue weighted by atomic mass is 10.0. The summed E-state index contributed by atoms with van der Waals surface area (Å²) in [5.41, 5.74) is 12.4. The molecule has 44 heteroatoms. The van der Waals surface area contributed by atoms with E-state index in [9.17, 15) is 102 Å². The number of halogens is 1. The number of aromatic hydroxyl groups is 2. The number of carboxylic acid groups (broad SMARTS) is 2. The third-order valence-corrected chi connectivity index (χ3v) is 18.1. The van der Waals surface area contributed by atoms with Crippen LogP contribution in [0.15, 0.2) is 72.8 Å². The van der Waals surface area contributed by atoms with E-state index < -0.39 is 195 Å². The van der Waals surface area contributed by atoms with Crippen LogP contribution in [0.3, 0.4) is 0 Å². The molecule has 1 unspecified atom stereocenters. The SMILES string of the molecule is N=C(N)NCCC[C@@H]1NC(=O)[C@H](CCCCNC(=O)CCC(NC(=O)COCCOCCOCCNC(=O)c2ccc(C[18F])cc2)C(=O)NCCCC[C@@H]2NC(=O)[C@@H](Cc3ccc(O)cc3)NC(=O)[C@H](CC(=O)O)NC(=O)CNC(=O)[C@H](CCCNC(=N)N)NC2=O)NC(=O)[C@@H](Cc2ccc(O)cc2)NC(=O)[C@H](CC(=O)O)NC(=O)CNC1=O. The van der Waals surface area contributed by atoms with Crippen LogP contribution in [0.2, 0.25) is 0 Å². The average molecular weight is 1670 g/mol. The number of guanidine groups is 2. The number of amides is 14. The van der Waals surface area contributed by atoms with Gasteiger partial charge in [-0.2, -0.15) is 0 Å². The van der Waals surface area contributed by atoms with Gasteiger partial charge in [-0.15, -0.1) is 0 Å². The fourth-order valence-corrected chi connectivity index (χ4v) is 11.8. The van der Waals surface area contributed by atoms with E-state index in [1.165, 1.54) is 72.8 Å². The molecule has 0 aromatic heterocycles. The Morgan fingerprint density at radius 3 is 1.24 bits per heavy atom. The minimum absolute atomic E-state index is 0.00763. The average Bonchev–Trinajstić information content (AvgIpc) is 1.85. The number of rotatable bonds is 44. The van der Waals surface area contributed by atoms with Crippen molar-refractivity contribution in [1.82, 2.24) is 85.1 Å². The summed E-state index contributed by atoms with van der Waals surface area (Å²) in [6.45, 7) is -2.53. The summed E-state index contributed by atoms with van der Waals surface area (Å²) in [7, 11) is 0. The van der Waals surface area contributed by atoms with Crippen LogP contribution < -0.4 is 96.5 Å². The first-order valence-electron chi connectivity index (χ1n) is 38.5. The number of aliphatic carboxylic acids is 2. The summed E-state index contributed by atoms with van der Waals surface area (Å²) >= 11 is 0. The maximum Gasteiger partial charge on any atom is 0.305 e. The molecule has 2 aliphatic rings. The molecule has 0 spiro atoms. The number of ether oxygens (including phenoxy) is 3. The Balaban J connectivity index is 1.30. The quantitative estimate of drug-likeness (QED) is 0.0142. The molecule has 2 aliphatic heterocycles. The lowest BCUT2D eigenvalue weighted by Gasteiger charge is -2.26. The van der Waals surface area contributed by atoms with Crippen LogP contribution >= 0.6 is 0 Å². The first-order valence-corrected chi connectivity index (χ1v) is 38.5. The zero-order valence-electron chi connectivity index (χ0n) is 65.4. The number of hydrogen-bond acceptors (Lipinski definition) is 23. The maximum absolute atomic E-state index is 14.4. The number of phenols is 2. The van der Waals surface area contributed by atoms with Crippen molar-refractivity contribution >= 4 is 107 Å². The number of carboxylic acids is 2. The molecule has 0 saturated carbocycles. The zero-order valence-corrected chi connectivity index (χ0v) is 65.4. The van der Waals surface area contributed by atoms with Gasteiger partial charge >= 0.3 is 11.9 Å². The fourth-order valence-electron chi connectivity index (χ4n) is 11.8. The van der Waals surface area contributed by atoms with E-state index in [0.29, 0.717) is 22.3 Å². The summed E-state index contributed by atoms with van der Waals surface area (Å²) in [6.07, 6.45) is -3.30. The van der Waals surface area contributed by atoms with Crippen molar-refractivity contribution in [3.8, 4) is 11.5 Å². The van der Waals surface area contributed by atoms with Crippen molar-refractivity contribution in [1.29, 1.82) is 10.8 Å². The van der Waals surface area contributed by atoms with E-state index >= 15 is 0 Å². The highest BCUT2D eigenvalue weighted by atomic mass is 18.2. The van der Waals surface area contributed by atoms with Crippen LogP contribution in [-0.4, -0.2) is 267 Å². The first-order chi connectivity index (χ1) is 56.9. The molecular weight excluding hydrogens is 1570 g/mol. The predicted molar refractivity (Wildman–Crippen MR) is 419 cm³/mol. The molecular formula is C75H107FN20O23. The molecule has 3 aromatic carbocycles. The van der Waals surface area contributed by atoms with Gasteiger partial charge < -0.3 is 131 Å². The van der Waals surface area contributed by atoms with Gasteiger partial charge in [-0.1, -0.05) is 36.4 Å². The molecule has 0 aliphatic carbocycles. The van der Waals surface area contributed by atoms with Gasteiger partial charge in [0.2, 0.25) is 76.8 Å². The van der Waals surface area contributed by atoms with E-state index in [1.807, 2.05) is 0 Å². The maximum atomic E-state index is 14.4. The summed E-state index contributed by atoms with van der Waals surface area (Å²) in [5, 5.41) is 94.7. The lowest BCUT2D eigenvalue weighted by molar-refractivity contribution is -0.141. The van der Waals surface area contributed by atoms with Gasteiger partial charge in [0.25, 0.3) is 5.91 Å². The lowest BCUT2D eigenvalue weighted by Crippen LogP contribution is -2.58. The van der Waals surface area contributed by atoms with E-state index in [-0.39, 0.29) is 173 Å². The Morgan fingerprint density at radius 2 is 0.807 bits per heavy atom. The normalized spacial score (nSPS) is 19.4. The topological polar surface area (TPSA) is 674 Å². The van der Waals surface area contributed by atoms with Crippen LogP contribution in [-0.2, 0) is 106 Å². The van der Waals surface area contributed by atoms with E-state index in [1.54, 1.807) is 0 Å². The molecule has 119 heavy (non-hydrogen) atoms. The zero-order chi connectivity index (χ0) is 87.2. The second-order valence-electron chi connectivity index (χ2n) is 27.6. The second kappa shape index (κ2) is 52.7. The molecule has 9 atom stereocenters. The Kier molecular flexibility index (Phi) is 42.8. The number of carbonyl (C=O) groups excluding carboxylic acids is 14. The summed E-state index contributed by atoms with van der Waals surface area (Å²) < 4.78 is 29.4. The Hall–Kier alpha value is -12.9. The number of nitrogens with one attached hydrogen (secondary N) is 18. The van der Waals surface area contributed by atoms with Crippen molar-refractivity contribution in [2.45, 2.75) is 164 Å². The van der Waals surface area contributed by atoms with Gasteiger partial charge in [0.05, 0.1) is 59.0 Å². The van der Waals surface area contributed by atoms with Crippen LogP contribution in [0.4, 0.5) is 4.39 Å². The van der Waals surface area contributed by atoms with Crippen LogP contribution in [0, 0.1) is 10.8 Å². The van der Waals surface area contributed by atoms with Gasteiger partial charge in [0.1, 0.15) is 79.2 Å². The fraction of sp³-hybridized carbons (Fsp3) is 0.520. The number of phenolic OH excluding ortho intramolecular Hbond substituents is 2. The molecule has 26 N–H and O–H groups in total. The first kappa shape index (κ1) is 96.7. The molecule has 14 amide bonds. The largest absolute Gasteiger partial charge is 0.508 e. The number of hydrogen-bond donors (Lipinski definition) is 24. The molecule has 2 fully saturated rings. The monoisotopic (exact) mass is 1670 g/mol. The molecule has 3 aromatic rings. The standard InChI is InChI=1S/C75H107FN20O23/c76-39-45-11-17-46(18-12-45)64(107)83-29-30-117-31-32-118-33-34-119-42-61(102)88-53(65(108)82-26-4-2-8-52-69(112)92-50(10-6-28-85-75(79)80)67(110)87-41-60(101)90-57(38-63(105)106)73(116)96-55(71(114)94-52)36-44-15-21-48(98)22-16-44)23-24-58(99)81-25-3-1-7-51-68(111)91-49(9-5-27-84-74(77)78)66(109)86-40-59(100)89-56(37-62(103)104)72(115)95-54(70(113)93-51)35-43-13-19-47(97)20-14-43/h11-22,49-57,97-98H,1-10,23-42H2,(H,81,99)(H,82,108)(H,83,107)(H,86,109)(H,87,110)(H,88,102)(H,89,100)(H,90,101)(H,91,111)(H,92,112)(H,93,113)(H,94,114)(H,95,115)(H,96,116)(H,103,104)(H,105,106)(H4,77,78,84)(H4,79,80,85)/t49-,50-,51-,52-,53?,54+,55+,56-,57-/m0/s1/i76-1. The van der Waals surface area contributed by atoms with Crippen molar-refractivity contribution in [2.24, 2.45) is 11.5 Å². The highest BCUT2D eigenvalue weighted by Gasteiger charge is 2.36. The molecule has 2 heterocycles. The Labute approximate surface area is 682 Å². The molecule has 0 radical (unpaired) electrons. The van der Waals surface area contributed by atoms with Crippen molar-refractivity contribution in [3.05, 3.63) is 95.1 Å². The molecule has 2 saturated heterocycles. The van der Waals surface area contributed by atoms with Gasteiger partial charge in [0.15, 0.2) is 11.9 Å². The summed E-state index contributed by atoms with van der Waals surface area (Å²) in [6, 6.07) is 3.13. The summed E-state index contributed by atoms with van der Waals surface area (Å²) in [5.74, 6) is -16.5. The third-order valence-electron chi connectivity index (χ3n) is 18.1. The van der Waals surface area contributed by atoms with Gasteiger partial charge in [-0.05, 0) is 124 Å². The summed E-state index contributed by atoms with van der Waals surface area (Å²) in [4.78, 5) is 216. The number of unbranched alkanes of at least 4 members (excludes halogenated alkanes) is 2. The van der Waals surface area contributed by atoms with Crippen LogP contribution in [0.1, 0.15) is 117 Å². The minimum atomic E-state index is -1.78. The Morgan fingerprint density at radius 1 is 0.429 bits per heavy atom. The molecule has 5 rings (SSSR count). The highest BCUT2D eigenvalue weighted by molar-refractivity contribution is 6.00.